The molecule has 6 aromatic rings. The molecule has 0 saturated carbocycles. The van der Waals surface area contributed by atoms with Gasteiger partial charge in [-0.3, -0.25) is 18.8 Å². The molecular weight excluding hydrogens is 1070 g/mol. The minimum absolute atomic E-state index is 0.0115. The first kappa shape index (κ1) is 60.8. The van der Waals surface area contributed by atoms with E-state index in [2.05, 4.69) is 83.4 Å². The molecule has 2 aromatic carbocycles. The number of hydrogen-bond donors (Lipinski definition) is 4. The fraction of sp³-hybridized carbons (Fsp3) is 0.500. The van der Waals surface area contributed by atoms with Gasteiger partial charge in [-0.25, -0.2) is 14.8 Å². The van der Waals surface area contributed by atoms with Gasteiger partial charge in [-0.1, -0.05) is 12.6 Å². The highest BCUT2D eigenvalue weighted by molar-refractivity contribution is 7.85. The Morgan fingerprint density at radius 3 is 2.12 bits per heavy atom. The van der Waals surface area contributed by atoms with Crippen LogP contribution in [0.4, 0.5) is 23.8 Å². The Morgan fingerprint density at radius 2 is 1.51 bits per heavy atom. The summed E-state index contributed by atoms with van der Waals surface area (Å²) in [6.07, 6.45) is 1.83. The van der Waals surface area contributed by atoms with E-state index in [4.69, 9.17) is 13.7 Å². The molecule has 0 radical (unpaired) electrons. The minimum atomic E-state index is -4.26. The van der Waals surface area contributed by atoms with Crippen LogP contribution in [-0.2, 0) is 49.9 Å². The fourth-order valence-electron chi connectivity index (χ4n) is 10.2. The summed E-state index contributed by atoms with van der Waals surface area (Å²) in [5, 5.41) is 34.2. The standard InChI is InChI=1S/C33H37F3N8OS.C14H16N2O4S.C9H18N2O2/c1-3-30(45)40-24-8-11-43(19-24)12-13-44-25(17-37)14-27-21(2)22(4-5-29(27)44)18-42-9-6-23(7-10-42)41-31-28-15-26(16-33(34,35)36)46-32(28)39-20-38-31;1-10-12-8-11(9-15)16(6-7-20-21(3,17)18)13(12)4-5-14(10)19-2;1-9(2,3)13-8(12)11-7-4-5-10-6-7/h3-5,14-15,20,23-24H,1,6-13,16,18-19H2,2H3,(H,40,45)(H,38,39,41);4-5,8H,6-7H2,1-3H3;7,10H,4-6H2,1-3H3,(H,11,12)/t24-;;7-/m1.1/s1. The van der Waals surface area contributed by atoms with Crippen molar-refractivity contribution < 1.29 is 44.8 Å². The van der Waals surface area contributed by atoms with Crippen LogP contribution in [0.5, 0.6) is 5.75 Å². The first-order chi connectivity index (χ1) is 37.9. The van der Waals surface area contributed by atoms with Crippen LogP contribution in [0.2, 0.25) is 0 Å². The van der Waals surface area contributed by atoms with Gasteiger partial charge >= 0.3 is 12.3 Å². The number of aryl methyl sites for hydroxylation is 2. The third-order valence-electron chi connectivity index (χ3n) is 14.1. The van der Waals surface area contributed by atoms with Crippen LogP contribution in [0, 0.1) is 36.5 Å². The number of likely N-dealkylation sites (tertiary alicyclic amines) is 2. The molecule has 24 heteroatoms. The Hall–Kier alpha value is -6.80. The Balaban J connectivity index is 0.000000222. The van der Waals surface area contributed by atoms with Crippen molar-refractivity contribution in [1.82, 2.24) is 44.9 Å². The number of anilines is 1. The summed E-state index contributed by atoms with van der Waals surface area (Å²) in [4.78, 5) is 37.0. The van der Waals surface area contributed by atoms with Crippen molar-refractivity contribution in [2.75, 3.05) is 71.1 Å². The maximum absolute atomic E-state index is 12.9. The number of piperidine rings is 1. The lowest BCUT2D eigenvalue weighted by molar-refractivity contribution is -0.126. The van der Waals surface area contributed by atoms with E-state index in [0.717, 1.165) is 129 Å². The number of benzene rings is 2. The summed E-state index contributed by atoms with van der Waals surface area (Å²) in [6, 6.07) is 18.3. The lowest BCUT2D eigenvalue weighted by Gasteiger charge is -2.33. The topological polar surface area (TPSA) is 234 Å². The summed E-state index contributed by atoms with van der Waals surface area (Å²) < 4.78 is 79.8. The molecule has 0 spiro atoms. The number of fused-ring (bicyclic) bond motifs is 3. The quantitative estimate of drug-likeness (QED) is 0.0530. The number of alkyl halides is 3. The summed E-state index contributed by atoms with van der Waals surface area (Å²) in [7, 11) is -1.89. The Bertz CT molecular complexity index is 3360. The predicted octanol–water partition coefficient (Wildman–Crippen LogP) is 8.06. The number of rotatable bonds is 16. The first-order valence-electron chi connectivity index (χ1n) is 26.5. The van der Waals surface area contributed by atoms with Gasteiger partial charge in [0.25, 0.3) is 10.1 Å². The van der Waals surface area contributed by atoms with Gasteiger partial charge < -0.3 is 39.9 Å². The maximum atomic E-state index is 12.9. The summed E-state index contributed by atoms with van der Waals surface area (Å²) >= 11 is 1.06. The van der Waals surface area contributed by atoms with Crippen molar-refractivity contribution in [2.24, 2.45) is 0 Å². The lowest BCUT2D eigenvalue weighted by atomic mass is 10.0. The van der Waals surface area contributed by atoms with Gasteiger partial charge in [0.05, 0.1) is 31.8 Å². The van der Waals surface area contributed by atoms with E-state index < -0.39 is 28.3 Å². The van der Waals surface area contributed by atoms with Crippen LogP contribution in [-0.4, -0.2) is 145 Å². The van der Waals surface area contributed by atoms with Crippen LogP contribution in [0.15, 0.2) is 61.4 Å². The van der Waals surface area contributed by atoms with Gasteiger partial charge in [0, 0.05) is 109 Å². The van der Waals surface area contributed by atoms with Crippen molar-refractivity contribution in [3.05, 3.63) is 94.4 Å². The second-order valence-electron chi connectivity index (χ2n) is 21.2. The van der Waals surface area contributed by atoms with Crippen LogP contribution in [0.1, 0.15) is 79.4 Å². The summed E-state index contributed by atoms with van der Waals surface area (Å²) in [6.45, 7) is 21.0. The molecule has 7 heterocycles. The number of nitrogens with one attached hydrogen (secondary N) is 4. The smallest absolute Gasteiger partial charge is 0.407 e. The van der Waals surface area contributed by atoms with Gasteiger partial charge in [0.15, 0.2) is 0 Å². The van der Waals surface area contributed by atoms with Crippen LogP contribution < -0.4 is 26.0 Å². The highest BCUT2D eigenvalue weighted by Gasteiger charge is 2.30. The summed E-state index contributed by atoms with van der Waals surface area (Å²) in [5.74, 6) is 1.20. The molecular formula is C56H71F3N12O7S2. The van der Waals surface area contributed by atoms with E-state index in [0.29, 0.717) is 34.0 Å². The molecule has 3 fully saturated rings. The van der Waals surface area contributed by atoms with Crippen molar-refractivity contribution in [3.63, 3.8) is 0 Å². The van der Waals surface area contributed by atoms with Gasteiger partial charge in [-0.15, -0.1) is 11.3 Å². The van der Waals surface area contributed by atoms with Gasteiger partial charge in [-0.05, 0) is 120 Å². The zero-order valence-corrected chi connectivity index (χ0v) is 48.0. The molecule has 4 aromatic heterocycles. The number of methoxy groups -OCH3 is 1. The molecule has 9 rings (SSSR count). The van der Waals surface area contributed by atoms with Crippen LogP contribution in [0.3, 0.4) is 0 Å². The normalized spacial score (nSPS) is 17.2. The van der Waals surface area contributed by atoms with Gasteiger partial charge in [-0.2, -0.15) is 32.1 Å². The molecule has 4 N–H and O–H groups in total. The van der Waals surface area contributed by atoms with Gasteiger partial charge in [0.1, 0.15) is 51.9 Å². The first-order valence-corrected chi connectivity index (χ1v) is 29.2. The van der Waals surface area contributed by atoms with E-state index >= 15 is 0 Å². The number of carbonyl (C=O) groups excluding carboxylic acids is 2. The van der Waals surface area contributed by atoms with Crippen LogP contribution >= 0.6 is 11.3 Å². The van der Waals surface area contributed by atoms with Crippen molar-refractivity contribution in [2.45, 2.75) is 116 Å². The van der Waals surface area contributed by atoms with Crippen molar-refractivity contribution >= 4 is 71.3 Å². The molecule has 430 valence electrons. The molecule has 3 aliphatic heterocycles. The number of aromatic nitrogens is 4. The maximum Gasteiger partial charge on any atom is 0.407 e. The second kappa shape index (κ2) is 26.6. The number of ether oxygens (including phenoxy) is 2. The molecule has 3 aliphatic rings. The number of hydrogen-bond acceptors (Lipinski definition) is 16. The van der Waals surface area contributed by atoms with E-state index in [1.165, 1.54) is 23.5 Å². The van der Waals surface area contributed by atoms with Crippen LogP contribution in [0.25, 0.3) is 32.0 Å². The van der Waals surface area contributed by atoms with Crippen molar-refractivity contribution in [3.8, 4) is 17.9 Å². The lowest BCUT2D eigenvalue weighted by Crippen LogP contribution is -2.40. The molecule has 0 bridgehead atoms. The summed E-state index contributed by atoms with van der Waals surface area (Å²) in [5.41, 5.74) is 5.95. The molecule has 0 aliphatic carbocycles. The largest absolute Gasteiger partial charge is 0.496 e. The Kier molecular flexibility index (Phi) is 20.3. The molecule has 2 amide bonds. The van der Waals surface area contributed by atoms with E-state index in [-0.39, 0.29) is 48.2 Å². The minimum Gasteiger partial charge on any atom is -0.496 e. The van der Waals surface area contributed by atoms with E-state index in [1.807, 2.05) is 45.9 Å². The molecule has 2 atom stereocenters. The molecule has 19 nitrogen and oxygen atoms in total. The third kappa shape index (κ3) is 16.6. The van der Waals surface area contributed by atoms with Gasteiger partial charge in [0.2, 0.25) is 5.91 Å². The number of nitrogens with zero attached hydrogens (tertiary/aromatic N) is 8. The Morgan fingerprint density at radius 1 is 0.863 bits per heavy atom. The predicted molar refractivity (Wildman–Crippen MR) is 303 cm³/mol. The average molecular weight is 1150 g/mol. The molecule has 3 saturated heterocycles. The van der Waals surface area contributed by atoms with E-state index in [1.54, 1.807) is 23.8 Å². The Labute approximate surface area is 469 Å². The average Bonchev–Trinajstić information content (AvgIpc) is 4.30. The number of amides is 2. The monoisotopic (exact) mass is 1140 g/mol. The SMILES string of the molecule is C=CC(=O)N[C@@H]1CCN(CCn2c(C#N)cc3c(C)c(CN4CCC(Nc5ncnc6sc(CC(F)(F)F)cc56)CC4)ccc32)C1.CC(C)(C)OC(=O)N[C@@H]1CCNC1.COc1ccc2c(cc(C#N)n2CCOS(C)(=O)=O)c1C. The number of thiophene rings is 1. The number of nitriles is 2. The third-order valence-corrected chi connectivity index (χ3v) is 15.8. The van der Waals surface area contributed by atoms with Crippen molar-refractivity contribution in [1.29, 1.82) is 10.5 Å². The zero-order chi connectivity index (χ0) is 57.9. The number of carbonyl (C=O) groups is 2. The highest BCUT2D eigenvalue weighted by atomic mass is 32.2. The number of halogens is 3. The number of alkyl carbamates (subject to hydrolysis) is 1. The highest BCUT2D eigenvalue weighted by Crippen LogP contribution is 2.34. The molecule has 80 heavy (non-hydrogen) atoms. The fourth-order valence-corrected chi connectivity index (χ4v) is 11.6. The second-order valence-corrected chi connectivity index (χ2v) is 24.0. The zero-order valence-electron chi connectivity index (χ0n) is 46.3. The van der Waals surface area contributed by atoms with E-state index in [9.17, 15) is 41.7 Å². The molecule has 0 unspecified atom stereocenters.